The Bertz CT molecular complexity index is 720. The van der Waals surface area contributed by atoms with Crippen molar-refractivity contribution in [3.8, 4) is 11.5 Å². The molecule has 4 heterocycles. The van der Waals surface area contributed by atoms with E-state index in [4.69, 9.17) is 4.42 Å². The van der Waals surface area contributed by atoms with Gasteiger partial charge >= 0.3 is 0 Å². The zero-order chi connectivity index (χ0) is 14.8. The van der Waals surface area contributed by atoms with Crippen LogP contribution in [0.25, 0.3) is 11.5 Å². The molecule has 1 unspecified atom stereocenters. The first-order chi connectivity index (χ1) is 10.9. The van der Waals surface area contributed by atoms with Crippen LogP contribution in [0.5, 0.6) is 0 Å². The second kappa shape index (κ2) is 5.77. The quantitative estimate of drug-likeness (QED) is 0.801. The molecular formula is C17H18N4O. The Labute approximate surface area is 129 Å². The van der Waals surface area contributed by atoms with Crippen LogP contribution in [0.4, 0.5) is 0 Å². The molecule has 0 saturated carbocycles. The Morgan fingerprint density at radius 1 is 1.18 bits per heavy atom. The van der Waals surface area contributed by atoms with E-state index in [0.717, 1.165) is 42.4 Å². The van der Waals surface area contributed by atoms with Crippen LogP contribution in [0.2, 0.25) is 0 Å². The Morgan fingerprint density at radius 2 is 2.18 bits per heavy atom. The third-order valence-electron chi connectivity index (χ3n) is 4.18. The molecule has 22 heavy (non-hydrogen) atoms. The Kier molecular flexibility index (Phi) is 3.48. The van der Waals surface area contributed by atoms with Gasteiger partial charge in [-0.25, -0.2) is 0 Å². The highest BCUT2D eigenvalue weighted by molar-refractivity contribution is 5.51. The summed E-state index contributed by atoms with van der Waals surface area (Å²) in [5.74, 6) is 1.81. The highest BCUT2D eigenvalue weighted by atomic mass is 16.3. The van der Waals surface area contributed by atoms with Crippen molar-refractivity contribution in [2.75, 3.05) is 6.54 Å². The van der Waals surface area contributed by atoms with Crippen LogP contribution in [-0.2, 0) is 6.54 Å². The lowest BCUT2D eigenvalue weighted by molar-refractivity contribution is 0.225. The number of hydrogen-bond donors (Lipinski definition) is 1. The van der Waals surface area contributed by atoms with Crippen LogP contribution in [0.3, 0.4) is 0 Å². The number of pyridine rings is 1. The zero-order valence-corrected chi connectivity index (χ0v) is 12.3. The van der Waals surface area contributed by atoms with Gasteiger partial charge in [-0.3, -0.25) is 15.0 Å². The van der Waals surface area contributed by atoms with E-state index in [2.05, 4.69) is 32.2 Å². The lowest BCUT2D eigenvalue weighted by Crippen LogP contribution is -2.23. The Balaban J connectivity index is 1.51. The van der Waals surface area contributed by atoms with Gasteiger partial charge in [0, 0.05) is 12.4 Å². The summed E-state index contributed by atoms with van der Waals surface area (Å²) in [6.07, 6.45) is 5.96. The standard InChI is InChI=1S/C17H18N4O/c1-2-9-18-14(4-1)16-5-3-11-21(16)12-13-6-7-17(22-13)15-8-10-19-20-15/h1-2,4,6-10,16H,3,5,11-12H2,(H,19,20). The van der Waals surface area contributed by atoms with Crippen LogP contribution in [-0.4, -0.2) is 26.6 Å². The van der Waals surface area contributed by atoms with E-state index in [-0.39, 0.29) is 0 Å². The highest BCUT2D eigenvalue weighted by Crippen LogP contribution is 2.32. The summed E-state index contributed by atoms with van der Waals surface area (Å²) in [6, 6.07) is 12.5. The van der Waals surface area contributed by atoms with Gasteiger partial charge in [-0.05, 0) is 49.7 Å². The minimum atomic E-state index is 0.391. The van der Waals surface area contributed by atoms with Gasteiger partial charge in [-0.2, -0.15) is 5.10 Å². The number of aromatic amines is 1. The molecule has 5 heteroatoms. The fourth-order valence-electron chi connectivity index (χ4n) is 3.12. The van der Waals surface area contributed by atoms with Gasteiger partial charge in [0.2, 0.25) is 0 Å². The molecule has 0 radical (unpaired) electrons. The van der Waals surface area contributed by atoms with Gasteiger partial charge in [0.1, 0.15) is 11.5 Å². The van der Waals surface area contributed by atoms with Gasteiger partial charge < -0.3 is 4.42 Å². The van der Waals surface area contributed by atoms with Gasteiger partial charge in [-0.15, -0.1) is 0 Å². The fourth-order valence-corrected chi connectivity index (χ4v) is 3.12. The zero-order valence-electron chi connectivity index (χ0n) is 12.3. The van der Waals surface area contributed by atoms with Gasteiger partial charge in [0.15, 0.2) is 5.76 Å². The van der Waals surface area contributed by atoms with E-state index in [9.17, 15) is 0 Å². The maximum absolute atomic E-state index is 5.94. The van der Waals surface area contributed by atoms with Crippen molar-refractivity contribution in [1.82, 2.24) is 20.1 Å². The van der Waals surface area contributed by atoms with Crippen molar-refractivity contribution in [2.24, 2.45) is 0 Å². The van der Waals surface area contributed by atoms with Crippen LogP contribution in [0.1, 0.15) is 30.3 Å². The third-order valence-corrected chi connectivity index (χ3v) is 4.18. The number of H-pyrrole nitrogens is 1. The first-order valence-corrected chi connectivity index (χ1v) is 7.63. The molecule has 1 fully saturated rings. The number of nitrogens with one attached hydrogen (secondary N) is 1. The normalized spacial score (nSPS) is 18.8. The summed E-state index contributed by atoms with van der Waals surface area (Å²) < 4.78 is 5.94. The van der Waals surface area contributed by atoms with Gasteiger partial charge in [0.05, 0.1) is 18.3 Å². The molecule has 0 bridgehead atoms. The summed E-state index contributed by atoms with van der Waals surface area (Å²) in [6.45, 7) is 1.90. The monoisotopic (exact) mass is 294 g/mol. The second-order valence-electron chi connectivity index (χ2n) is 5.62. The highest BCUT2D eigenvalue weighted by Gasteiger charge is 2.27. The molecule has 1 saturated heterocycles. The number of aromatic nitrogens is 3. The summed E-state index contributed by atoms with van der Waals surface area (Å²) >= 11 is 0. The summed E-state index contributed by atoms with van der Waals surface area (Å²) in [5.41, 5.74) is 2.06. The molecular weight excluding hydrogens is 276 g/mol. The smallest absolute Gasteiger partial charge is 0.152 e. The number of nitrogens with zero attached hydrogens (tertiary/aromatic N) is 3. The number of rotatable bonds is 4. The van der Waals surface area contributed by atoms with Gasteiger partial charge in [0.25, 0.3) is 0 Å². The second-order valence-corrected chi connectivity index (χ2v) is 5.62. The minimum absolute atomic E-state index is 0.391. The molecule has 0 spiro atoms. The topological polar surface area (TPSA) is 58.0 Å². The molecule has 4 rings (SSSR count). The van der Waals surface area contributed by atoms with E-state index in [1.807, 2.05) is 30.5 Å². The Hall–Kier alpha value is -2.40. The maximum atomic E-state index is 5.94. The molecule has 5 nitrogen and oxygen atoms in total. The van der Waals surface area contributed by atoms with Crippen molar-refractivity contribution in [3.63, 3.8) is 0 Å². The van der Waals surface area contributed by atoms with E-state index in [1.165, 1.54) is 6.42 Å². The van der Waals surface area contributed by atoms with Crippen molar-refractivity contribution in [3.05, 3.63) is 60.2 Å². The van der Waals surface area contributed by atoms with E-state index in [1.54, 1.807) is 6.20 Å². The van der Waals surface area contributed by atoms with Crippen LogP contribution >= 0.6 is 0 Å². The summed E-state index contributed by atoms with van der Waals surface area (Å²) in [4.78, 5) is 6.96. The molecule has 0 aromatic carbocycles. The molecule has 112 valence electrons. The molecule has 1 aliphatic heterocycles. The van der Waals surface area contributed by atoms with E-state index < -0.39 is 0 Å². The minimum Gasteiger partial charge on any atom is -0.458 e. The van der Waals surface area contributed by atoms with Crippen molar-refractivity contribution < 1.29 is 4.42 Å². The molecule has 1 aliphatic rings. The molecule has 3 aromatic heterocycles. The maximum Gasteiger partial charge on any atom is 0.152 e. The summed E-state index contributed by atoms with van der Waals surface area (Å²) in [7, 11) is 0. The fraction of sp³-hybridized carbons (Fsp3) is 0.294. The van der Waals surface area contributed by atoms with Crippen LogP contribution in [0.15, 0.2) is 53.2 Å². The average molecular weight is 294 g/mol. The van der Waals surface area contributed by atoms with Crippen molar-refractivity contribution in [2.45, 2.75) is 25.4 Å². The molecule has 1 atom stereocenters. The van der Waals surface area contributed by atoms with Crippen LogP contribution in [0, 0.1) is 0 Å². The number of likely N-dealkylation sites (tertiary alicyclic amines) is 1. The summed E-state index contributed by atoms with van der Waals surface area (Å²) in [5, 5.41) is 6.89. The number of hydrogen-bond acceptors (Lipinski definition) is 4. The molecule has 1 N–H and O–H groups in total. The molecule has 3 aromatic rings. The SMILES string of the molecule is c1ccc(C2CCCN2Cc2ccc(-c3ccn[nH]3)o2)nc1. The van der Waals surface area contributed by atoms with Crippen LogP contribution < -0.4 is 0 Å². The molecule has 0 aliphatic carbocycles. The third kappa shape index (κ3) is 2.55. The van der Waals surface area contributed by atoms with E-state index in [0.29, 0.717) is 6.04 Å². The average Bonchev–Trinajstić information content (AvgIpc) is 3.30. The van der Waals surface area contributed by atoms with Crippen molar-refractivity contribution in [1.29, 1.82) is 0 Å². The lowest BCUT2D eigenvalue weighted by Gasteiger charge is -2.22. The predicted molar refractivity (Wildman–Crippen MR) is 82.9 cm³/mol. The largest absolute Gasteiger partial charge is 0.458 e. The van der Waals surface area contributed by atoms with E-state index >= 15 is 0 Å². The Morgan fingerprint density at radius 3 is 3.00 bits per heavy atom. The lowest BCUT2D eigenvalue weighted by atomic mass is 10.1. The van der Waals surface area contributed by atoms with Gasteiger partial charge in [-0.1, -0.05) is 6.07 Å². The number of furan rings is 1. The molecule has 0 amide bonds. The first kappa shape index (κ1) is 13.3. The predicted octanol–water partition coefficient (Wildman–Crippen LogP) is 3.40. The van der Waals surface area contributed by atoms with Crippen molar-refractivity contribution >= 4 is 0 Å². The first-order valence-electron chi connectivity index (χ1n) is 7.63.